The third kappa shape index (κ3) is 3.33. The van der Waals surface area contributed by atoms with Gasteiger partial charge in [-0.2, -0.15) is 0 Å². The van der Waals surface area contributed by atoms with Crippen LogP contribution in [0.25, 0.3) is 0 Å². The van der Waals surface area contributed by atoms with Crippen LogP contribution in [0.5, 0.6) is 0 Å². The molecule has 0 radical (unpaired) electrons. The Morgan fingerprint density at radius 2 is 2.10 bits per heavy atom. The lowest BCUT2D eigenvalue weighted by atomic mass is 10.2. The van der Waals surface area contributed by atoms with Crippen molar-refractivity contribution in [3.63, 3.8) is 0 Å². The van der Waals surface area contributed by atoms with Crippen LogP contribution in [0, 0.1) is 0 Å². The molecule has 0 bridgehead atoms. The Kier molecular flexibility index (Phi) is 4.66. The van der Waals surface area contributed by atoms with E-state index < -0.39 is 0 Å². The van der Waals surface area contributed by atoms with Crippen molar-refractivity contribution in [2.75, 3.05) is 16.8 Å². The number of carbonyl (C=O) groups excluding carboxylic acids is 1. The van der Waals surface area contributed by atoms with E-state index >= 15 is 0 Å². The molecule has 21 heavy (non-hydrogen) atoms. The van der Waals surface area contributed by atoms with Crippen LogP contribution in [0.2, 0.25) is 0 Å². The van der Waals surface area contributed by atoms with Crippen LogP contribution >= 0.6 is 43.2 Å². The predicted molar refractivity (Wildman–Crippen MR) is 95.1 cm³/mol. The largest absolute Gasteiger partial charge is 0.378 e. The lowest BCUT2D eigenvalue weighted by Gasteiger charge is -2.20. The van der Waals surface area contributed by atoms with Gasteiger partial charge in [-0.15, -0.1) is 11.3 Å². The minimum Gasteiger partial charge on any atom is -0.378 e. The maximum atomic E-state index is 11.9. The molecule has 0 aliphatic carbocycles. The number of carbonyl (C=O) groups is 1. The molecular formula is C15H14Br2N2OS. The third-order valence-corrected chi connectivity index (χ3v) is 6.67. The zero-order valence-electron chi connectivity index (χ0n) is 11.2. The van der Waals surface area contributed by atoms with Gasteiger partial charge in [0.2, 0.25) is 5.91 Å². The number of rotatable bonds is 4. The van der Waals surface area contributed by atoms with Crippen LogP contribution in [-0.2, 0) is 11.3 Å². The lowest BCUT2D eigenvalue weighted by molar-refractivity contribution is -0.117. The van der Waals surface area contributed by atoms with Crippen molar-refractivity contribution in [3.05, 3.63) is 43.5 Å². The van der Waals surface area contributed by atoms with Gasteiger partial charge in [-0.05, 0) is 56.5 Å². The first-order valence-electron chi connectivity index (χ1n) is 6.72. The van der Waals surface area contributed by atoms with Crippen LogP contribution in [0.4, 0.5) is 11.4 Å². The van der Waals surface area contributed by atoms with E-state index in [2.05, 4.69) is 43.2 Å². The molecule has 0 saturated carbocycles. The number of hydrogen-bond acceptors (Lipinski definition) is 3. The Balaban J connectivity index is 1.77. The number of halogens is 2. The standard InChI is InChI=1S/C15H14Br2N2OS/c16-11-8-10(21-15(11)17)9-18-12-4-1-2-5-13(12)19-7-3-6-14(19)20/h1-2,4-5,8,18H,3,6-7,9H2. The summed E-state index contributed by atoms with van der Waals surface area (Å²) in [7, 11) is 0. The second-order valence-corrected chi connectivity index (χ2v) is 8.16. The van der Waals surface area contributed by atoms with Crippen molar-refractivity contribution in [1.82, 2.24) is 0 Å². The molecule has 1 aliphatic rings. The number of nitrogens with zero attached hydrogens (tertiary/aromatic N) is 1. The van der Waals surface area contributed by atoms with Crippen molar-refractivity contribution < 1.29 is 4.79 Å². The minimum absolute atomic E-state index is 0.214. The lowest BCUT2D eigenvalue weighted by Crippen LogP contribution is -2.24. The molecule has 2 heterocycles. The quantitative estimate of drug-likeness (QED) is 0.740. The van der Waals surface area contributed by atoms with Gasteiger partial charge in [-0.25, -0.2) is 0 Å². The van der Waals surface area contributed by atoms with E-state index in [9.17, 15) is 4.79 Å². The first-order chi connectivity index (χ1) is 10.1. The maximum Gasteiger partial charge on any atom is 0.227 e. The molecule has 0 atom stereocenters. The highest BCUT2D eigenvalue weighted by Crippen LogP contribution is 2.34. The van der Waals surface area contributed by atoms with E-state index in [1.165, 1.54) is 4.88 Å². The summed E-state index contributed by atoms with van der Waals surface area (Å²) in [6, 6.07) is 10.1. The van der Waals surface area contributed by atoms with Crippen molar-refractivity contribution in [3.8, 4) is 0 Å². The molecule has 3 rings (SSSR count). The third-order valence-electron chi connectivity index (χ3n) is 3.42. The summed E-state index contributed by atoms with van der Waals surface area (Å²) in [6.45, 7) is 1.56. The Labute approximate surface area is 144 Å². The highest BCUT2D eigenvalue weighted by Gasteiger charge is 2.23. The smallest absolute Gasteiger partial charge is 0.227 e. The van der Waals surface area contributed by atoms with Crippen LogP contribution in [0.3, 0.4) is 0 Å². The maximum absolute atomic E-state index is 11.9. The van der Waals surface area contributed by atoms with Gasteiger partial charge in [-0.3, -0.25) is 4.79 Å². The van der Waals surface area contributed by atoms with E-state index in [0.717, 1.165) is 39.1 Å². The van der Waals surface area contributed by atoms with Gasteiger partial charge in [0, 0.05) is 28.9 Å². The van der Waals surface area contributed by atoms with E-state index in [-0.39, 0.29) is 5.91 Å². The second-order valence-electron chi connectivity index (χ2n) is 4.85. The normalized spacial score (nSPS) is 14.8. The monoisotopic (exact) mass is 428 g/mol. The molecule has 1 saturated heterocycles. The minimum atomic E-state index is 0.214. The molecule has 1 N–H and O–H groups in total. The van der Waals surface area contributed by atoms with Crippen molar-refractivity contribution in [2.24, 2.45) is 0 Å². The summed E-state index contributed by atoms with van der Waals surface area (Å²) in [5.41, 5.74) is 1.99. The summed E-state index contributed by atoms with van der Waals surface area (Å²) < 4.78 is 2.18. The SMILES string of the molecule is O=C1CCCN1c1ccccc1NCc1cc(Br)c(Br)s1. The van der Waals surface area contributed by atoms with E-state index in [1.807, 2.05) is 29.2 Å². The van der Waals surface area contributed by atoms with Gasteiger partial charge in [0.05, 0.1) is 15.2 Å². The van der Waals surface area contributed by atoms with Gasteiger partial charge in [0.1, 0.15) is 0 Å². The van der Waals surface area contributed by atoms with Gasteiger partial charge in [0.25, 0.3) is 0 Å². The molecule has 1 fully saturated rings. The fraction of sp³-hybridized carbons (Fsp3) is 0.267. The number of anilines is 2. The summed E-state index contributed by atoms with van der Waals surface area (Å²) in [4.78, 5) is 15.0. The average Bonchev–Trinajstić information content (AvgIpc) is 3.03. The number of thiophene rings is 1. The first kappa shape index (κ1) is 15.1. The van der Waals surface area contributed by atoms with Gasteiger partial charge in [0.15, 0.2) is 0 Å². The molecule has 1 aromatic heterocycles. The van der Waals surface area contributed by atoms with Crippen LogP contribution in [-0.4, -0.2) is 12.5 Å². The molecule has 1 amide bonds. The molecule has 1 aromatic carbocycles. The van der Waals surface area contributed by atoms with E-state index in [4.69, 9.17) is 0 Å². The molecule has 3 nitrogen and oxygen atoms in total. The van der Waals surface area contributed by atoms with Crippen LogP contribution in [0.1, 0.15) is 17.7 Å². The van der Waals surface area contributed by atoms with Gasteiger partial charge < -0.3 is 10.2 Å². The van der Waals surface area contributed by atoms with Gasteiger partial charge in [-0.1, -0.05) is 12.1 Å². The average molecular weight is 430 g/mol. The van der Waals surface area contributed by atoms with Crippen molar-refractivity contribution in [1.29, 1.82) is 0 Å². The fourth-order valence-electron chi connectivity index (χ4n) is 2.42. The number of hydrogen-bond donors (Lipinski definition) is 1. The Hall–Kier alpha value is -0.850. The molecule has 2 aromatic rings. The molecule has 0 spiro atoms. The zero-order chi connectivity index (χ0) is 14.8. The second kappa shape index (κ2) is 6.50. The summed E-state index contributed by atoms with van der Waals surface area (Å²) in [5.74, 6) is 0.214. The molecule has 0 unspecified atom stereocenters. The Morgan fingerprint density at radius 1 is 1.29 bits per heavy atom. The summed E-state index contributed by atoms with van der Waals surface area (Å²) in [5, 5.41) is 3.44. The number of nitrogens with one attached hydrogen (secondary N) is 1. The molecule has 6 heteroatoms. The van der Waals surface area contributed by atoms with Crippen LogP contribution in [0.15, 0.2) is 38.6 Å². The van der Waals surface area contributed by atoms with Gasteiger partial charge >= 0.3 is 0 Å². The Bertz CT molecular complexity index is 652. The zero-order valence-corrected chi connectivity index (χ0v) is 15.2. The number of benzene rings is 1. The van der Waals surface area contributed by atoms with Crippen molar-refractivity contribution >= 4 is 60.5 Å². The fourth-order valence-corrected chi connectivity index (χ4v) is 4.54. The number of amides is 1. The topological polar surface area (TPSA) is 32.3 Å². The number of para-hydroxylation sites is 2. The summed E-state index contributed by atoms with van der Waals surface area (Å²) >= 11 is 8.71. The first-order valence-corrected chi connectivity index (χ1v) is 9.12. The summed E-state index contributed by atoms with van der Waals surface area (Å²) in [6.07, 6.45) is 1.59. The van der Waals surface area contributed by atoms with E-state index in [0.29, 0.717) is 6.42 Å². The highest BCUT2D eigenvalue weighted by molar-refractivity contribution is 9.13. The van der Waals surface area contributed by atoms with Crippen molar-refractivity contribution in [2.45, 2.75) is 19.4 Å². The molecule has 1 aliphatic heterocycles. The molecular weight excluding hydrogens is 416 g/mol. The van der Waals surface area contributed by atoms with Crippen LogP contribution < -0.4 is 10.2 Å². The van der Waals surface area contributed by atoms with E-state index in [1.54, 1.807) is 11.3 Å². The highest BCUT2D eigenvalue weighted by atomic mass is 79.9. The Morgan fingerprint density at radius 3 is 2.76 bits per heavy atom. The molecule has 110 valence electrons. The predicted octanol–water partition coefficient (Wildman–Crippen LogP) is 5.01.